The van der Waals surface area contributed by atoms with Crippen LogP contribution in [-0.4, -0.2) is 44.9 Å². The number of aryl methyl sites for hydroxylation is 2. The monoisotopic (exact) mass is 535 g/mol. The van der Waals surface area contributed by atoms with Crippen molar-refractivity contribution in [3.8, 4) is 0 Å². The molecule has 0 amide bonds. The van der Waals surface area contributed by atoms with Gasteiger partial charge in [0.25, 0.3) is 10.1 Å². The zero-order valence-corrected chi connectivity index (χ0v) is 20.8. The Labute approximate surface area is 202 Å². The highest BCUT2D eigenvalue weighted by atomic mass is 32.2. The minimum absolute atomic E-state index is 0.0798. The highest BCUT2D eigenvalue weighted by molar-refractivity contribution is 7.91. The molecular formula is C19H25N3O9S3. The molecule has 0 aliphatic heterocycles. The van der Waals surface area contributed by atoms with Crippen molar-refractivity contribution in [2.75, 3.05) is 23.6 Å². The number of rotatable bonds is 14. The minimum atomic E-state index is -4.17. The van der Waals surface area contributed by atoms with E-state index in [1.807, 2.05) is 13.8 Å². The van der Waals surface area contributed by atoms with Gasteiger partial charge >= 0.3 is 0 Å². The smallest absolute Gasteiger partial charge is 0.283 e. The van der Waals surface area contributed by atoms with Crippen molar-refractivity contribution in [3.63, 3.8) is 0 Å². The van der Waals surface area contributed by atoms with E-state index >= 15 is 0 Å². The van der Waals surface area contributed by atoms with Crippen LogP contribution in [0, 0.1) is 0 Å². The molecule has 0 spiro atoms. The molecule has 0 bridgehead atoms. The van der Waals surface area contributed by atoms with Gasteiger partial charge < -0.3 is 5.32 Å². The second-order valence-electron chi connectivity index (χ2n) is 6.79. The van der Waals surface area contributed by atoms with Gasteiger partial charge in [0.05, 0.1) is 28.6 Å². The Balaban J connectivity index is 2.15. The van der Waals surface area contributed by atoms with Gasteiger partial charge in [-0.25, -0.2) is 13.7 Å². The molecule has 0 atom stereocenters. The van der Waals surface area contributed by atoms with Crippen LogP contribution in [-0.2, 0) is 46.4 Å². The van der Waals surface area contributed by atoms with Gasteiger partial charge in [-0.15, -0.1) is 4.33 Å². The fourth-order valence-electron chi connectivity index (χ4n) is 2.84. The molecule has 2 aromatic carbocycles. The Kier molecular flexibility index (Phi) is 10.8. The summed E-state index contributed by atoms with van der Waals surface area (Å²) in [5.74, 6) is -0.914. The summed E-state index contributed by atoms with van der Waals surface area (Å²) in [4.78, 5) is 0.0798. The Bertz CT molecular complexity index is 1190. The van der Waals surface area contributed by atoms with Crippen LogP contribution in [0.1, 0.15) is 25.0 Å². The van der Waals surface area contributed by atoms with Crippen LogP contribution in [0.4, 0.5) is 17.1 Å². The number of hydrogen-bond donors (Lipinski definition) is 3. The summed E-state index contributed by atoms with van der Waals surface area (Å²) in [5.41, 5.74) is 3.23. The van der Waals surface area contributed by atoms with Gasteiger partial charge in [0, 0.05) is 5.69 Å². The fourth-order valence-corrected chi connectivity index (χ4v) is 4.59. The summed E-state index contributed by atoms with van der Waals surface area (Å²) < 4.78 is 64.5. The van der Waals surface area contributed by atoms with Crippen molar-refractivity contribution in [3.05, 3.63) is 47.5 Å². The second kappa shape index (κ2) is 13.1. The van der Waals surface area contributed by atoms with Crippen molar-refractivity contribution < 1.29 is 40.2 Å². The highest BCUT2D eigenvalue weighted by Gasteiger charge is 2.15. The standard InChI is InChI=1S/C19H25N3O9S3/c1-3-14-12-19(15(4-2)11-18(14)20-13-34(26,27)28)22-21-16-5-7-17(8-6-16)33(24,25)10-9-29-32-31-30-23/h5-8,11-12,20,23H,3-4,9-10,13H2,1-2H3,(H,26,27,28)/b22-21+. The summed E-state index contributed by atoms with van der Waals surface area (Å²) in [6.45, 7) is 3.63. The van der Waals surface area contributed by atoms with Crippen molar-refractivity contribution in [2.24, 2.45) is 10.2 Å². The maximum atomic E-state index is 12.3. The number of nitrogens with zero attached hydrogens (tertiary/aromatic N) is 2. The topological polar surface area (TPSA) is 173 Å². The Morgan fingerprint density at radius 3 is 2.26 bits per heavy atom. The number of anilines is 1. The number of nitrogens with one attached hydrogen (secondary N) is 1. The van der Waals surface area contributed by atoms with E-state index in [2.05, 4.69) is 24.9 Å². The Morgan fingerprint density at radius 1 is 1.00 bits per heavy atom. The van der Waals surface area contributed by atoms with Crippen LogP contribution >= 0.6 is 12.3 Å². The number of azo groups is 1. The van der Waals surface area contributed by atoms with Gasteiger partial charge in [-0.2, -0.15) is 18.6 Å². The van der Waals surface area contributed by atoms with E-state index in [0.717, 1.165) is 11.1 Å². The third kappa shape index (κ3) is 8.92. The van der Waals surface area contributed by atoms with E-state index in [9.17, 15) is 16.8 Å². The van der Waals surface area contributed by atoms with E-state index < -0.39 is 25.8 Å². The number of hydrogen-bond acceptors (Lipinski definition) is 12. The molecule has 15 heteroatoms. The molecule has 2 rings (SSSR count). The zero-order valence-electron chi connectivity index (χ0n) is 18.4. The summed E-state index contributed by atoms with van der Waals surface area (Å²) >= 11 is 0.300. The normalized spacial score (nSPS) is 12.4. The average Bonchev–Trinajstić information content (AvgIpc) is 2.80. The predicted molar refractivity (Wildman–Crippen MR) is 126 cm³/mol. The molecule has 34 heavy (non-hydrogen) atoms. The van der Waals surface area contributed by atoms with Crippen LogP contribution < -0.4 is 5.32 Å². The Morgan fingerprint density at radius 2 is 1.68 bits per heavy atom. The molecule has 0 aromatic heterocycles. The van der Waals surface area contributed by atoms with Gasteiger partial charge in [0.2, 0.25) is 0 Å². The van der Waals surface area contributed by atoms with Crippen molar-refractivity contribution in [2.45, 2.75) is 31.6 Å². The van der Waals surface area contributed by atoms with Crippen molar-refractivity contribution in [1.29, 1.82) is 0 Å². The second-order valence-corrected chi connectivity index (χ2v) is 10.9. The van der Waals surface area contributed by atoms with Crippen molar-refractivity contribution in [1.82, 2.24) is 0 Å². The first-order valence-corrected chi connectivity index (χ1v) is 13.9. The Hall–Kier alpha value is -2.11. The lowest BCUT2D eigenvalue weighted by atomic mass is 10.0. The van der Waals surface area contributed by atoms with E-state index in [1.165, 1.54) is 24.3 Å². The lowest BCUT2D eigenvalue weighted by Crippen LogP contribution is -2.14. The van der Waals surface area contributed by atoms with Crippen LogP contribution in [0.5, 0.6) is 0 Å². The van der Waals surface area contributed by atoms with Gasteiger partial charge in [0.15, 0.2) is 22.2 Å². The molecule has 0 unspecified atom stereocenters. The summed E-state index contributed by atoms with van der Waals surface area (Å²) in [6, 6.07) is 9.41. The number of benzene rings is 2. The maximum Gasteiger partial charge on any atom is 0.283 e. The molecule has 0 heterocycles. The van der Waals surface area contributed by atoms with Gasteiger partial charge in [-0.3, -0.25) is 8.74 Å². The van der Waals surface area contributed by atoms with Crippen LogP contribution in [0.25, 0.3) is 0 Å². The van der Waals surface area contributed by atoms with Gasteiger partial charge in [0.1, 0.15) is 5.88 Å². The number of sulfone groups is 1. The molecule has 12 nitrogen and oxygen atoms in total. The van der Waals surface area contributed by atoms with Gasteiger partial charge in [-0.05, 0) is 60.4 Å². The largest absolute Gasteiger partial charge is 0.369 e. The molecule has 2 aromatic rings. The molecule has 0 saturated heterocycles. The van der Waals surface area contributed by atoms with Crippen molar-refractivity contribution >= 4 is 49.3 Å². The summed E-state index contributed by atoms with van der Waals surface area (Å²) in [7, 11) is -7.78. The first-order valence-electron chi connectivity index (χ1n) is 9.95. The van der Waals surface area contributed by atoms with E-state index in [1.54, 1.807) is 12.1 Å². The van der Waals surface area contributed by atoms with Crippen LogP contribution in [0.15, 0.2) is 51.5 Å². The molecule has 0 saturated carbocycles. The van der Waals surface area contributed by atoms with Gasteiger partial charge in [-0.1, -0.05) is 18.9 Å². The first-order chi connectivity index (χ1) is 16.1. The quantitative estimate of drug-likeness (QED) is 0.0787. The lowest BCUT2D eigenvalue weighted by Gasteiger charge is -2.13. The highest BCUT2D eigenvalue weighted by Crippen LogP contribution is 2.30. The zero-order chi connectivity index (χ0) is 25.2. The predicted octanol–water partition coefficient (Wildman–Crippen LogP) is 4.26. The van der Waals surface area contributed by atoms with E-state index in [0.29, 0.717) is 42.2 Å². The molecule has 3 N–H and O–H groups in total. The van der Waals surface area contributed by atoms with E-state index in [-0.39, 0.29) is 17.3 Å². The summed E-state index contributed by atoms with van der Waals surface area (Å²) in [5, 5.41) is 22.5. The maximum absolute atomic E-state index is 12.3. The molecular weight excluding hydrogens is 510 g/mol. The molecule has 0 radical (unpaired) electrons. The first kappa shape index (κ1) is 28.1. The summed E-state index contributed by atoms with van der Waals surface area (Å²) in [6.07, 6.45) is 1.19. The average molecular weight is 536 g/mol. The fraction of sp³-hybridized carbons (Fsp3) is 0.368. The van der Waals surface area contributed by atoms with E-state index in [4.69, 9.17) is 14.0 Å². The molecule has 0 aliphatic carbocycles. The molecule has 188 valence electrons. The SMILES string of the molecule is CCc1cc(NCS(=O)(=O)O)c(CC)cc1/N=N/c1ccc(S(=O)(=O)CCOSOOO)cc1. The van der Waals surface area contributed by atoms with Crippen LogP contribution in [0.2, 0.25) is 0 Å². The third-order valence-corrected chi connectivity index (χ3v) is 7.11. The third-order valence-electron chi connectivity index (χ3n) is 4.52. The molecule has 0 fully saturated rings. The molecule has 0 aliphatic rings. The van der Waals surface area contributed by atoms with Crippen LogP contribution in [0.3, 0.4) is 0 Å². The minimum Gasteiger partial charge on any atom is -0.369 e. The lowest BCUT2D eigenvalue weighted by molar-refractivity contribution is -0.434.